The van der Waals surface area contributed by atoms with Crippen molar-refractivity contribution < 1.29 is 19.0 Å². The third-order valence-corrected chi connectivity index (χ3v) is 3.27. The molecular weight excluding hydrogens is 280 g/mol. The first kappa shape index (κ1) is 15.6. The van der Waals surface area contributed by atoms with Crippen LogP contribution in [0.1, 0.15) is 11.1 Å². The molecule has 0 aliphatic rings. The number of carbonyl (C=O) groups excluding carboxylic acids is 1. The highest BCUT2D eigenvalue weighted by Crippen LogP contribution is 2.27. The molecule has 2 aromatic rings. The summed E-state index contributed by atoms with van der Waals surface area (Å²) < 4.78 is 15.1. The lowest BCUT2D eigenvalue weighted by atomic mass is 9.97. The molecule has 0 atom stereocenters. The monoisotopic (exact) mass is 298 g/mol. The Bertz CT molecular complexity index is 605. The van der Waals surface area contributed by atoms with Gasteiger partial charge in [-0.3, -0.25) is 0 Å². The van der Waals surface area contributed by atoms with Crippen LogP contribution in [-0.2, 0) is 9.53 Å². The van der Waals surface area contributed by atoms with Crippen molar-refractivity contribution in [2.45, 2.75) is 0 Å². The summed E-state index contributed by atoms with van der Waals surface area (Å²) in [6.07, 6.45) is 1.48. The molecule has 0 spiro atoms. The summed E-state index contributed by atoms with van der Waals surface area (Å²) in [5.74, 6) is 1.12. The van der Waals surface area contributed by atoms with Gasteiger partial charge < -0.3 is 14.2 Å². The predicted octanol–water partition coefficient (Wildman–Crippen LogP) is 3.31. The molecular formula is C18H18O4. The zero-order chi connectivity index (χ0) is 15.9. The standard InChI is InChI=1S/C18H18O4/c1-20-15-8-4-13(5-9-15)17(12-18(19)22-3)14-6-10-16(21-2)11-7-14/h4-12H,1-3H3. The molecule has 2 rings (SSSR count). The molecule has 0 saturated carbocycles. The van der Waals surface area contributed by atoms with Crippen molar-refractivity contribution in [1.82, 2.24) is 0 Å². The molecule has 4 nitrogen and oxygen atoms in total. The van der Waals surface area contributed by atoms with Gasteiger partial charge in [0.25, 0.3) is 0 Å². The van der Waals surface area contributed by atoms with Gasteiger partial charge in [0.15, 0.2) is 0 Å². The zero-order valence-electron chi connectivity index (χ0n) is 12.8. The number of rotatable bonds is 5. The number of ether oxygens (including phenoxy) is 3. The van der Waals surface area contributed by atoms with Gasteiger partial charge in [-0.25, -0.2) is 4.79 Å². The number of hydrogen-bond acceptors (Lipinski definition) is 4. The van der Waals surface area contributed by atoms with Crippen molar-refractivity contribution in [2.24, 2.45) is 0 Å². The van der Waals surface area contributed by atoms with Crippen LogP contribution in [-0.4, -0.2) is 27.3 Å². The molecule has 0 amide bonds. The summed E-state index contributed by atoms with van der Waals surface area (Å²) >= 11 is 0. The third-order valence-electron chi connectivity index (χ3n) is 3.27. The van der Waals surface area contributed by atoms with Crippen LogP contribution in [0.25, 0.3) is 5.57 Å². The SMILES string of the molecule is COC(=O)C=C(c1ccc(OC)cc1)c1ccc(OC)cc1. The van der Waals surface area contributed by atoms with E-state index in [0.717, 1.165) is 28.2 Å². The second-order valence-corrected chi connectivity index (χ2v) is 4.54. The summed E-state index contributed by atoms with van der Waals surface area (Å²) in [7, 11) is 4.59. The fourth-order valence-electron chi connectivity index (χ4n) is 2.05. The summed E-state index contributed by atoms with van der Waals surface area (Å²) in [6.45, 7) is 0. The number of methoxy groups -OCH3 is 3. The van der Waals surface area contributed by atoms with E-state index in [1.807, 2.05) is 48.5 Å². The predicted molar refractivity (Wildman–Crippen MR) is 85.1 cm³/mol. The van der Waals surface area contributed by atoms with E-state index >= 15 is 0 Å². The number of esters is 1. The van der Waals surface area contributed by atoms with Crippen LogP contribution in [0.15, 0.2) is 54.6 Å². The molecule has 22 heavy (non-hydrogen) atoms. The Morgan fingerprint density at radius 3 is 1.50 bits per heavy atom. The molecule has 0 heterocycles. The smallest absolute Gasteiger partial charge is 0.331 e. The van der Waals surface area contributed by atoms with Crippen molar-refractivity contribution in [3.8, 4) is 11.5 Å². The Balaban J connectivity index is 2.45. The molecule has 0 unspecified atom stereocenters. The van der Waals surface area contributed by atoms with Gasteiger partial charge in [-0.2, -0.15) is 0 Å². The van der Waals surface area contributed by atoms with Gasteiger partial charge in [0, 0.05) is 6.08 Å². The van der Waals surface area contributed by atoms with E-state index in [1.54, 1.807) is 14.2 Å². The van der Waals surface area contributed by atoms with E-state index in [1.165, 1.54) is 13.2 Å². The largest absolute Gasteiger partial charge is 0.497 e. The number of benzene rings is 2. The number of carbonyl (C=O) groups is 1. The van der Waals surface area contributed by atoms with Gasteiger partial charge in [-0.05, 0) is 41.0 Å². The van der Waals surface area contributed by atoms with E-state index in [-0.39, 0.29) is 0 Å². The van der Waals surface area contributed by atoms with E-state index in [0.29, 0.717) is 0 Å². The normalized spacial score (nSPS) is 9.77. The lowest BCUT2D eigenvalue weighted by Crippen LogP contribution is -1.98. The van der Waals surface area contributed by atoms with Crippen molar-refractivity contribution in [1.29, 1.82) is 0 Å². The van der Waals surface area contributed by atoms with Crippen LogP contribution >= 0.6 is 0 Å². The minimum absolute atomic E-state index is 0.401. The molecule has 0 saturated heterocycles. The Kier molecular flexibility index (Phi) is 5.20. The quantitative estimate of drug-likeness (QED) is 0.627. The van der Waals surface area contributed by atoms with Crippen LogP contribution in [0.4, 0.5) is 0 Å². The first-order valence-corrected chi connectivity index (χ1v) is 6.76. The maximum atomic E-state index is 11.7. The van der Waals surface area contributed by atoms with Gasteiger partial charge >= 0.3 is 5.97 Å². The lowest BCUT2D eigenvalue weighted by molar-refractivity contribution is -0.134. The highest BCUT2D eigenvalue weighted by Gasteiger charge is 2.09. The van der Waals surface area contributed by atoms with Gasteiger partial charge in [0.05, 0.1) is 21.3 Å². The number of hydrogen-bond donors (Lipinski definition) is 0. The summed E-state index contributed by atoms with van der Waals surface area (Å²) in [4.78, 5) is 11.7. The summed E-state index contributed by atoms with van der Waals surface area (Å²) in [5, 5.41) is 0. The van der Waals surface area contributed by atoms with Crippen molar-refractivity contribution in [2.75, 3.05) is 21.3 Å². The highest BCUT2D eigenvalue weighted by atomic mass is 16.5. The van der Waals surface area contributed by atoms with Gasteiger partial charge in [-0.15, -0.1) is 0 Å². The first-order valence-electron chi connectivity index (χ1n) is 6.76. The molecule has 0 N–H and O–H groups in total. The molecule has 0 aliphatic heterocycles. The highest BCUT2D eigenvalue weighted by molar-refractivity contribution is 5.96. The fraction of sp³-hybridized carbons (Fsp3) is 0.167. The van der Waals surface area contributed by atoms with E-state index < -0.39 is 5.97 Å². The Labute approximate surface area is 129 Å². The first-order chi connectivity index (χ1) is 10.7. The van der Waals surface area contributed by atoms with Crippen LogP contribution in [0.2, 0.25) is 0 Å². The molecule has 0 fully saturated rings. The molecule has 0 aliphatic carbocycles. The average molecular weight is 298 g/mol. The van der Waals surface area contributed by atoms with E-state index in [4.69, 9.17) is 14.2 Å². The Hall–Kier alpha value is -2.75. The van der Waals surface area contributed by atoms with E-state index in [9.17, 15) is 4.79 Å². The molecule has 4 heteroatoms. The van der Waals surface area contributed by atoms with Crippen LogP contribution in [0, 0.1) is 0 Å². The molecule has 0 radical (unpaired) electrons. The van der Waals surface area contributed by atoms with Gasteiger partial charge in [-0.1, -0.05) is 24.3 Å². The third kappa shape index (κ3) is 3.67. The lowest BCUT2D eigenvalue weighted by Gasteiger charge is -2.10. The van der Waals surface area contributed by atoms with Gasteiger partial charge in [0.1, 0.15) is 11.5 Å². The minimum atomic E-state index is -0.401. The van der Waals surface area contributed by atoms with Crippen molar-refractivity contribution in [3.63, 3.8) is 0 Å². The molecule has 0 aromatic heterocycles. The summed E-state index contributed by atoms with van der Waals surface area (Å²) in [6, 6.07) is 15.0. The van der Waals surface area contributed by atoms with Crippen molar-refractivity contribution in [3.05, 3.63) is 65.7 Å². The fourth-order valence-corrected chi connectivity index (χ4v) is 2.05. The minimum Gasteiger partial charge on any atom is -0.497 e. The summed E-state index contributed by atoms with van der Waals surface area (Å²) in [5.41, 5.74) is 2.57. The Morgan fingerprint density at radius 1 is 0.773 bits per heavy atom. The second-order valence-electron chi connectivity index (χ2n) is 4.54. The van der Waals surface area contributed by atoms with Gasteiger partial charge in [0.2, 0.25) is 0 Å². The molecule has 114 valence electrons. The van der Waals surface area contributed by atoms with Crippen molar-refractivity contribution >= 4 is 11.5 Å². The molecule has 2 aromatic carbocycles. The second kappa shape index (κ2) is 7.31. The Morgan fingerprint density at radius 2 is 1.18 bits per heavy atom. The topological polar surface area (TPSA) is 44.8 Å². The van der Waals surface area contributed by atoms with Crippen LogP contribution < -0.4 is 9.47 Å². The average Bonchev–Trinajstić information content (AvgIpc) is 2.59. The maximum absolute atomic E-state index is 11.7. The van der Waals surface area contributed by atoms with E-state index in [2.05, 4.69) is 0 Å². The van der Waals surface area contributed by atoms with Crippen LogP contribution in [0.3, 0.4) is 0 Å². The maximum Gasteiger partial charge on any atom is 0.331 e. The molecule has 0 bridgehead atoms. The van der Waals surface area contributed by atoms with Crippen LogP contribution in [0.5, 0.6) is 11.5 Å². The zero-order valence-corrected chi connectivity index (χ0v) is 12.8.